The molecule has 1 heterocycles. The maximum Gasteiger partial charge on any atom is 0.240 e. The highest BCUT2D eigenvalue weighted by molar-refractivity contribution is 7.91. The fourth-order valence-corrected chi connectivity index (χ4v) is 6.11. The van der Waals surface area contributed by atoms with Gasteiger partial charge in [-0.05, 0) is 31.5 Å². The van der Waals surface area contributed by atoms with Gasteiger partial charge in [-0.3, -0.25) is 4.79 Å². The van der Waals surface area contributed by atoms with E-state index in [9.17, 15) is 21.6 Å². The Labute approximate surface area is 159 Å². The highest BCUT2D eigenvalue weighted by Crippen LogP contribution is 2.27. The zero-order valence-electron chi connectivity index (χ0n) is 15.5. The van der Waals surface area contributed by atoms with Crippen LogP contribution in [0.5, 0.6) is 5.75 Å². The molecule has 2 rings (SSSR count). The summed E-state index contributed by atoms with van der Waals surface area (Å²) in [5.74, 6) is 0.187. The number of sulfone groups is 1. The predicted molar refractivity (Wildman–Crippen MR) is 102 cm³/mol. The van der Waals surface area contributed by atoms with Crippen molar-refractivity contribution in [1.29, 1.82) is 0 Å². The summed E-state index contributed by atoms with van der Waals surface area (Å²) in [5, 5.41) is 5.64. The molecular weight excluding hydrogens is 394 g/mol. The van der Waals surface area contributed by atoms with Crippen molar-refractivity contribution < 1.29 is 26.4 Å². The lowest BCUT2D eigenvalue weighted by Gasteiger charge is -2.24. The molecule has 1 saturated heterocycles. The van der Waals surface area contributed by atoms with Gasteiger partial charge in [0.2, 0.25) is 15.9 Å². The Balaban J connectivity index is 1.99. The molecule has 0 spiro atoms. The summed E-state index contributed by atoms with van der Waals surface area (Å²) >= 11 is 0. The van der Waals surface area contributed by atoms with Gasteiger partial charge in [-0.1, -0.05) is 0 Å². The molecule has 0 bridgehead atoms. The van der Waals surface area contributed by atoms with Crippen molar-refractivity contribution in [2.24, 2.45) is 0 Å². The normalized spacial score (nSPS) is 21.7. The van der Waals surface area contributed by atoms with Gasteiger partial charge in [0.15, 0.2) is 9.84 Å². The van der Waals surface area contributed by atoms with Crippen molar-refractivity contribution in [3.05, 3.63) is 18.2 Å². The smallest absolute Gasteiger partial charge is 0.240 e. The third-order valence-corrected chi connectivity index (χ3v) is 7.63. The Hall–Kier alpha value is -1.69. The van der Waals surface area contributed by atoms with Gasteiger partial charge in [-0.25, -0.2) is 21.6 Å². The molecule has 0 aliphatic carbocycles. The maximum atomic E-state index is 12.5. The van der Waals surface area contributed by atoms with Crippen LogP contribution in [0.1, 0.15) is 20.3 Å². The van der Waals surface area contributed by atoms with E-state index in [1.165, 1.54) is 32.2 Å². The van der Waals surface area contributed by atoms with Crippen molar-refractivity contribution in [1.82, 2.24) is 10.0 Å². The third-order valence-electron chi connectivity index (χ3n) is 4.26. The van der Waals surface area contributed by atoms with Crippen LogP contribution in [0.15, 0.2) is 23.1 Å². The summed E-state index contributed by atoms with van der Waals surface area (Å²) in [6, 6.07) is 4.16. The standard InChI is InChI=1S/C16H25N3O6S2/c1-12(20)19-14-10-13(4-5-15(14)25-3)27(23,24)18-8-7-17-16(2)6-9-26(21,22)11-16/h4-5,10,17-18H,6-9,11H2,1-3H3,(H,19,20)/t16-/m0/s1. The summed E-state index contributed by atoms with van der Waals surface area (Å²) in [5.41, 5.74) is -0.280. The first kappa shape index (κ1) is 21.6. The Morgan fingerprint density at radius 3 is 2.56 bits per heavy atom. The second kappa shape index (κ2) is 8.13. The number of rotatable bonds is 8. The highest BCUT2D eigenvalue weighted by Gasteiger charge is 2.37. The highest BCUT2D eigenvalue weighted by atomic mass is 32.2. The largest absolute Gasteiger partial charge is 0.495 e. The minimum Gasteiger partial charge on any atom is -0.495 e. The molecule has 0 saturated carbocycles. The van der Waals surface area contributed by atoms with Crippen LogP contribution in [0, 0.1) is 0 Å². The van der Waals surface area contributed by atoms with E-state index in [4.69, 9.17) is 4.74 Å². The molecule has 0 aromatic heterocycles. The summed E-state index contributed by atoms with van der Waals surface area (Å²) in [6.45, 7) is 3.52. The first-order valence-electron chi connectivity index (χ1n) is 8.37. The Bertz CT molecular complexity index is 914. The van der Waals surface area contributed by atoms with Crippen LogP contribution in [0.2, 0.25) is 0 Å². The molecule has 11 heteroatoms. The van der Waals surface area contributed by atoms with Crippen LogP contribution in [0.4, 0.5) is 5.69 Å². The van der Waals surface area contributed by atoms with Crippen molar-refractivity contribution in [3.63, 3.8) is 0 Å². The van der Waals surface area contributed by atoms with Crippen LogP contribution in [0.3, 0.4) is 0 Å². The van der Waals surface area contributed by atoms with Gasteiger partial charge in [0.1, 0.15) is 5.75 Å². The fraction of sp³-hybridized carbons (Fsp3) is 0.562. The molecule has 1 amide bonds. The Morgan fingerprint density at radius 1 is 1.30 bits per heavy atom. The van der Waals surface area contributed by atoms with E-state index in [0.29, 0.717) is 18.7 Å². The molecule has 1 aliphatic heterocycles. The van der Waals surface area contributed by atoms with E-state index in [2.05, 4.69) is 15.4 Å². The first-order valence-corrected chi connectivity index (χ1v) is 11.7. The van der Waals surface area contributed by atoms with Crippen molar-refractivity contribution in [2.45, 2.75) is 30.7 Å². The van der Waals surface area contributed by atoms with Crippen LogP contribution in [-0.2, 0) is 24.7 Å². The van der Waals surface area contributed by atoms with E-state index >= 15 is 0 Å². The lowest BCUT2D eigenvalue weighted by atomic mass is 10.0. The molecule has 1 aliphatic rings. The number of hydrogen-bond acceptors (Lipinski definition) is 7. The average Bonchev–Trinajstić information content (AvgIpc) is 2.85. The SMILES string of the molecule is COc1ccc(S(=O)(=O)NCCN[C@@]2(C)CCS(=O)(=O)C2)cc1NC(C)=O. The molecule has 9 nitrogen and oxygen atoms in total. The van der Waals surface area contributed by atoms with Gasteiger partial charge in [0.25, 0.3) is 0 Å². The topological polar surface area (TPSA) is 131 Å². The number of ether oxygens (including phenoxy) is 1. The number of hydrogen-bond donors (Lipinski definition) is 3. The molecule has 3 N–H and O–H groups in total. The number of anilines is 1. The van der Waals surface area contributed by atoms with E-state index < -0.39 is 25.4 Å². The molecule has 0 unspecified atom stereocenters. The van der Waals surface area contributed by atoms with Gasteiger partial charge >= 0.3 is 0 Å². The monoisotopic (exact) mass is 419 g/mol. The van der Waals surface area contributed by atoms with Crippen LogP contribution in [-0.4, -0.2) is 60.0 Å². The second-order valence-electron chi connectivity index (χ2n) is 6.77. The minimum absolute atomic E-state index is 0.0123. The zero-order valence-corrected chi connectivity index (χ0v) is 17.2. The quantitative estimate of drug-likeness (QED) is 0.509. The van der Waals surface area contributed by atoms with E-state index in [-0.39, 0.29) is 34.5 Å². The molecule has 152 valence electrons. The Morgan fingerprint density at radius 2 is 2.00 bits per heavy atom. The van der Waals surface area contributed by atoms with Gasteiger partial charge in [-0.2, -0.15) is 0 Å². The number of carbonyl (C=O) groups excluding carboxylic acids is 1. The van der Waals surface area contributed by atoms with Gasteiger partial charge < -0.3 is 15.4 Å². The van der Waals surface area contributed by atoms with E-state index in [0.717, 1.165) is 0 Å². The number of benzene rings is 1. The first-order chi connectivity index (χ1) is 12.5. The number of sulfonamides is 1. The molecule has 1 atom stereocenters. The molecule has 27 heavy (non-hydrogen) atoms. The molecule has 1 aromatic rings. The minimum atomic E-state index is -3.80. The molecule has 1 aromatic carbocycles. The van der Waals surface area contributed by atoms with Crippen LogP contribution >= 0.6 is 0 Å². The van der Waals surface area contributed by atoms with Crippen molar-refractivity contribution in [2.75, 3.05) is 37.0 Å². The molecule has 1 fully saturated rings. The van der Waals surface area contributed by atoms with E-state index in [1.54, 1.807) is 0 Å². The zero-order chi connectivity index (χ0) is 20.3. The van der Waals surface area contributed by atoms with Gasteiger partial charge in [0.05, 0.1) is 29.2 Å². The second-order valence-corrected chi connectivity index (χ2v) is 10.7. The predicted octanol–water partition coefficient (Wildman–Crippen LogP) is 0.0987. The summed E-state index contributed by atoms with van der Waals surface area (Å²) < 4.78 is 55.7. The number of nitrogens with one attached hydrogen (secondary N) is 3. The summed E-state index contributed by atoms with van der Waals surface area (Å²) in [6.07, 6.45) is 0.501. The van der Waals surface area contributed by atoms with E-state index in [1.807, 2.05) is 6.92 Å². The van der Waals surface area contributed by atoms with Gasteiger partial charge in [0, 0.05) is 25.6 Å². The summed E-state index contributed by atoms with van der Waals surface area (Å²) in [4.78, 5) is 11.3. The average molecular weight is 420 g/mol. The van der Waals surface area contributed by atoms with Crippen molar-refractivity contribution in [3.8, 4) is 5.75 Å². The fourth-order valence-electron chi connectivity index (χ4n) is 2.92. The number of carbonyl (C=O) groups is 1. The Kier molecular flexibility index (Phi) is 6.51. The maximum absolute atomic E-state index is 12.5. The third kappa shape index (κ3) is 5.89. The molecular formula is C16H25N3O6S2. The van der Waals surface area contributed by atoms with Crippen molar-refractivity contribution >= 4 is 31.5 Å². The van der Waals surface area contributed by atoms with Crippen LogP contribution in [0.25, 0.3) is 0 Å². The number of methoxy groups -OCH3 is 1. The molecule has 0 radical (unpaired) electrons. The lowest BCUT2D eigenvalue weighted by molar-refractivity contribution is -0.114. The van der Waals surface area contributed by atoms with Crippen LogP contribution < -0.4 is 20.1 Å². The lowest BCUT2D eigenvalue weighted by Crippen LogP contribution is -2.46. The number of amides is 1. The summed E-state index contributed by atoms with van der Waals surface area (Å²) in [7, 11) is -5.41. The van der Waals surface area contributed by atoms with Gasteiger partial charge in [-0.15, -0.1) is 0 Å².